The second-order valence-corrected chi connectivity index (χ2v) is 8.15. The van der Waals surface area contributed by atoms with Crippen LogP contribution in [0.25, 0.3) is 27.6 Å². The van der Waals surface area contributed by atoms with Gasteiger partial charge in [0.15, 0.2) is 5.16 Å². The summed E-state index contributed by atoms with van der Waals surface area (Å²) < 4.78 is 1.76. The first-order valence-electron chi connectivity index (χ1n) is 10.1. The fraction of sp³-hybridized carbons (Fsp3) is 0.304. The van der Waals surface area contributed by atoms with Crippen molar-refractivity contribution in [3.63, 3.8) is 0 Å². The smallest absolute Gasteiger partial charge is 0.283 e. The van der Waals surface area contributed by atoms with E-state index in [2.05, 4.69) is 23.7 Å². The van der Waals surface area contributed by atoms with Crippen molar-refractivity contribution in [1.82, 2.24) is 19.4 Å². The molecule has 0 bridgehead atoms. The normalized spacial score (nSPS) is 11.7. The minimum Gasteiger partial charge on any atom is -0.349 e. The fourth-order valence-corrected chi connectivity index (χ4v) is 4.67. The number of aryl methyl sites for hydroxylation is 1. The number of aromatic amines is 1. The maximum Gasteiger partial charge on any atom is 0.283 e. The number of aromatic nitrogens is 3. The summed E-state index contributed by atoms with van der Waals surface area (Å²) in [7, 11) is 0. The number of hydrogen-bond acceptors (Lipinski definition) is 4. The molecule has 6 heteroatoms. The van der Waals surface area contributed by atoms with Crippen molar-refractivity contribution in [1.29, 1.82) is 0 Å². The van der Waals surface area contributed by atoms with E-state index >= 15 is 0 Å². The highest BCUT2D eigenvalue weighted by Gasteiger charge is 2.18. The molecule has 0 fully saturated rings. The predicted molar refractivity (Wildman–Crippen MR) is 122 cm³/mol. The third kappa shape index (κ3) is 3.70. The molecule has 4 aromatic rings. The van der Waals surface area contributed by atoms with Gasteiger partial charge >= 0.3 is 0 Å². The van der Waals surface area contributed by atoms with Gasteiger partial charge in [0.1, 0.15) is 11.0 Å². The van der Waals surface area contributed by atoms with Crippen molar-refractivity contribution in [2.24, 2.45) is 0 Å². The van der Waals surface area contributed by atoms with E-state index in [-0.39, 0.29) is 5.56 Å². The fourth-order valence-electron chi connectivity index (χ4n) is 3.67. The van der Waals surface area contributed by atoms with Gasteiger partial charge in [-0.15, -0.1) is 0 Å². The monoisotopic (exact) mass is 406 g/mol. The number of benzene rings is 2. The van der Waals surface area contributed by atoms with E-state index in [1.807, 2.05) is 55.5 Å². The lowest BCUT2D eigenvalue weighted by Gasteiger charge is -2.18. The number of nitrogens with one attached hydrogen (secondary N) is 1. The summed E-state index contributed by atoms with van der Waals surface area (Å²) in [5.74, 6) is 0.883. The third-order valence-electron chi connectivity index (χ3n) is 5.38. The molecule has 1 N–H and O–H groups in total. The first-order chi connectivity index (χ1) is 14.1. The van der Waals surface area contributed by atoms with E-state index in [0.29, 0.717) is 5.52 Å². The molecule has 2 aromatic heterocycles. The lowest BCUT2D eigenvalue weighted by molar-refractivity contribution is 0.324. The van der Waals surface area contributed by atoms with Crippen molar-refractivity contribution >= 4 is 33.7 Å². The Labute approximate surface area is 174 Å². The molecule has 0 saturated heterocycles. The van der Waals surface area contributed by atoms with Crippen LogP contribution in [0.3, 0.4) is 0 Å². The maximum absolute atomic E-state index is 13.5. The number of H-pyrrole nitrogens is 1. The summed E-state index contributed by atoms with van der Waals surface area (Å²) in [6, 6.07) is 15.9. The van der Waals surface area contributed by atoms with Crippen LogP contribution in [0.5, 0.6) is 0 Å². The molecule has 2 aromatic carbocycles. The molecule has 0 aliphatic heterocycles. The number of thioether (sulfide) groups is 1. The molecule has 0 unspecified atom stereocenters. The molecule has 0 radical (unpaired) electrons. The van der Waals surface area contributed by atoms with E-state index in [9.17, 15) is 4.79 Å². The molecule has 29 heavy (non-hydrogen) atoms. The number of hydrogen-bond donors (Lipinski definition) is 1. The summed E-state index contributed by atoms with van der Waals surface area (Å²) in [5, 5.41) is 1.73. The van der Waals surface area contributed by atoms with Crippen LogP contribution in [0, 0.1) is 6.92 Å². The summed E-state index contributed by atoms with van der Waals surface area (Å²) in [6.07, 6.45) is 0. The van der Waals surface area contributed by atoms with Crippen molar-refractivity contribution in [3.8, 4) is 5.69 Å². The number of fused-ring (bicyclic) bond motifs is 3. The molecule has 0 aliphatic carbocycles. The Morgan fingerprint density at radius 2 is 1.79 bits per heavy atom. The molecular formula is C23H26N4OS. The second kappa shape index (κ2) is 8.43. The first-order valence-corrected chi connectivity index (χ1v) is 11.1. The SMILES string of the molecule is CCN(CC)CCSc1nc2c([nH]c3ccccc32)c(=O)n1-c1ccccc1C. The Balaban J connectivity index is 1.88. The Bertz CT molecular complexity index is 1210. The average Bonchev–Trinajstić information content (AvgIpc) is 3.11. The zero-order valence-electron chi connectivity index (χ0n) is 17.1. The van der Waals surface area contributed by atoms with Gasteiger partial charge in [0, 0.05) is 23.2 Å². The van der Waals surface area contributed by atoms with Crippen molar-refractivity contribution in [2.45, 2.75) is 25.9 Å². The van der Waals surface area contributed by atoms with E-state index in [1.54, 1.807) is 16.3 Å². The van der Waals surface area contributed by atoms with Crippen LogP contribution < -0.4 is 5.56 Å². The highest BCUT2D eigenvalue weighted by Crippen LogP contribution is 2.27. The molecule has 5 nitrogen and oxygen atoms in total. The topological polar surface area (TPSA) is 53.9 Å². The first kappa shape index (κ1) is 19.7. The van der Waals surface area contributed by atoms with Gasteiger partial charge in [-0.05, 0) is 37.7 Å². The molecule has 2 heterocycles. The van der Waals surface area contributed by atoms with Crippen LogP contribution in [0.2, 0.25) is 0 Å². The van der Waals surface area contributed by atoms with Gasteiger partial charge in [0.25, 0.3) is 5.56 Å². The van der Waals surface area contributed by atoms with E-state index in [1.165, 1.54) is 0 Å². The summed E-state index contributed by atoms with van der Waals surface area (Å²) in [5.41, 5.74) is 4.14. The number of para-hydroxylation sites is 2. The highest BCUT2D eigenvalue weighted by atomic mass is 32.2. The maximum atomic E-state index is 13.5. The summed E-state index contributed by atoms with van der Waals surface area (Å²) >= 11 is 1.65. The van der Waals surface area contributed by atoms with Crippen LogP contribution in [0.4, 0.5) is 0 Å². The molecule has 0 aliphatic rings. The predicted octanol–water partition coefficient (Wildman–Crippen LogP) is 4.61. The van der Waals surface area contributed by atoms with Gasteiger partial charge in [-0.25, -0.2) is 4.98 Å². The van der Waals surface area contributed by atoms with Gasteiger partial charge in [0.05, 0.1) is 5.69 Å². The Morgan fingerprint density at radius 1 is 1.07 bits per heavy atom. The van der Waals surface area contributed by atoms with Gasteiger partial charge in [-0.3, -0.25) is 9.36 Å². The number of nitrogens with zero attached hydrogens (tertiary/aromatic N) is 3. The minimum absolute atomic E-state index is 0.0501. The summed E-state index contributed by atoms with van der Waals surface area (Å²) in [4.78, 5) is 24.2. The Morgan fingerprint density at radius 3 is 2.55 bits per heavy atom. The van der Waals surface area contributed by atoms with E-state index in [4.69, 9.17) is 4.98 Å². The quantitative estimate of drug-likeness (QED) is 0.360. The van der Waals surface area contributed by atoms with Crippen LogP contribution in [-0.4, -0.2) is 44.8 Å². The lowest BCUT2D eigenvalue weighted by atomic mass is 10.2. The van der Waals surface area contributed by atoms with E-state index in [0.717, 1.165) is 58.2 Å². The standard InChI is InChI=1S/C23H26N4OS/c1-4-26(5-2)14-15-29-23-25-20-17-11-7-8-12-18(17)24-21(20)22(28)27(23)19-13-9-6-10-16(19)3/h6-13,24H,4-5,14-15H2,1-3H3. The average molecular weight is 407 g/mol. The zero-order valence-corrected chi connectivity index (χ0v) is 17.9. The van der Waals surface area contributed by atoms with Crippen LogP contribution >= 0.6 is 11.8 Å². The van der Waals surface area contributed by atoms with Gasteiger partial charge in [-0.2, -0.15) is 0 Å². The molecule has 0 amide bonds. The molecular weight excluding hydrogens is 380 g/mol. The third-order valence-corrected chi connectivity index (χ3v) is 6.30. The molecule has 4 rings (SSSR count). The Hall–Kier alpha value is -2.57. The Kier molecular flexibility index (Phi) is 5.74. The second-order valence-electron chi connectivity index (χ2n) is 7.09. The molecule has 0 spiro atoms. The van der Waals surface area contributed by atoms with Gasteiger partial charge in [-0.1, -0.05) is 62.0 Å². The molecule has 150 valence electrons. The van der Waals surface area contributed by atoms with Crippen LogP contribution in [0.1, 0.15) is 19.4 Å². The lowest BCUT2D eigenvalue weighted by Crippen LogP contribution is -2.26. The van der Waals surface area contributed by atoms with Crippen LogP contribution in [-0.2, 0) is 0 Å². The molecule has 0 saturated carbocycles. The van der Waals surface area contributed by atoms with E-state index < -0.39 is 0 Å². The minimum atomic E-state index is -0.0501. The van der Waals surface area contributed by atoms with Crippen LogP contribution in [0.15, 0.2) is 58.5 Å². The summed E-state index contributed by atoms with van der Waals surface area (Å²) in [6.45, 7) is 9.39. The highest BCUT2D eigenvalue weighted by molar-refractivity contribution is 7.99. The number of rotatable bonds is 7. The van der Waals surface area contributed by atoms with Gasteiger partial charge < -0.3 is 9.88 Å². The van der Waals surface area contributed by atoms with Gasteiger partial charge in [0.2, 0.25) is 0 Å². The van der Waals surface area contributed by atoms with Crippen molar-refractivity contribution < 1.29 is 0 Å². The zero-order chi connectivity index (χ0) is 20.4. The largest absolute Gasteiger partial charge is 0.349 e. The van der Waals surface area contributed by atoms with Crippen molar-refractivity contribution in [2.75, 3.05) is 25.4 Å². The molecule has 0 atom stereocenters. The van der Waals surface area contributed by atoms with Crippen molar-refractivity contribution in [3.05, 3.63) is 64.4 Å².